The number of hydrogen-bond donors (Lipinski definition) is 1. The minimum atomic E-state index is 0.155. The lowest BCUT2D eigenvalue weighted by Gasteiger charge is -2.29. The van der Waals surface area contributed by atoms with Crippen molar-refractivity contribution in [2.45, 2.75) is 38.8 Å². The SMILES string of the molecule is CCc1nn(C)c(OC)c1CN(CCO)C1CCc2ccccc21. The number of ether oxygens (including phenoxy) is 1. The van der Waals surface area contributed by atoms with Crippen LogP contribution in [0.15, 0.2) is 24.3 Å². The molecule has 130 valence electrons. The summed E-state index contributed by atoms with van der Waals surface area (Å²) in [6, 6.07) is 9.00. The van der Waals surface area contributed by atoms with Crippen molar-refractivity contribution in [2.75, 3.05) is 20.3 Å². The minimum absolute atomic E-state index is 0.155. The van der Waals surface area contributed by atoms with Gasteiger partial charge in [-0.2, -0.15) is 5.10 Å². The molecule has 3 rings (SSSR count). The van der Waals surface area contributed by atoms with Gasteiger partial charge in [0, 0.05) is 26.2 Å². The number of nitrogens with zero attached hydrogens (tertiary/aromatic N) is 3. The van der Waals surface area contributed by atoms with Gasteiger partial charge in [0.2, 0.25) is 5.88 Å². The highest BCUT2D eigenvalue weighted by molar-refractivity contribution is 5.36. The van der Waals surface area contributed by atoms with Crippen molar-refractivity contribution in [3.8, 4) is 5.88 Å². The number of hydrogen-bond acceptors (Lipinski definition) is 4. The molecule has 1 aliphatic rings. The van der Waals surface area contributed by atoms with Gasteiger partial charge in [0.15, 0.2) is 0 Å². The summed E-state index contributed by atoms with van der Waals surface area (Å²) in [5.74, 6) is 0.820. The van der Waals surface area contributed by atoms with E-state index in [1.807, 2.05) is 11.7 Å². The Bertz CT molecular complexity index is 696. The van der Waals surface area contributed by atoms with Gasteiger partial charge in [-0.25, -0.2) is 4.68 Å². The molecule has 24 heavy (non-hydrogen) atoms. The van der Waals surface area contributed by atoms with E-state index in [2.05, 4.69) is 41.2 Å². The number of aliphatic hydroxyl groups excluding tert-OH is 1. The van der Waals surface area contributed by atoms with Gasteiger partial charge in [0.25, 0.3) is 0 Å². The molecule has 0 amide bonds. The van der Waals surface area contributed by atoms with Crippen LogP contribution in [-0.2, 0) is 26.4 Å². The molecule has 1 aromatic heterocycles. The summed E-state index contributed by atoms with van der Waals surface area (Å²) in [7, 11) is 3.62. The Labute approximate surface area is 143 Å². The summed E-state index contributed by atoms with van der Waals surface area (Å²) < 4.78 is 7.39. The van der Waals surface area contributed by atoms with E-state index in [9.17, 15) is 5.11 Å². The number of aliphatic hydroxyl groups is 1. The van der Waals surface area contributed by atoms with Gasteiger partial charge in [0.1, 0.15) is 0 Å². The van der Waals surface area contributed by atoms with Crippen LogP contribution in [0.5, 0.6) is 5.88 Å². The third-order valence-corrected chi connectivity index (χ3v) is 4.99. The smallest absolute Gasteiger partial charge is 0.216 e. The maximum Gasteiger partial charge on any atom is 0.216 e. The van der Waals surface area contributed by atoms with E-state index in [1.165, 1.54) is 11.1 Å². The molecular formula is C19H27N3O2. The highest BCUT2D eigenvalue weighted by Gasteiger charge is 2.29. The van der Waals surface area contributed by atoms with Crippen LogP contribution in [0, 0.1) is 0 Å². The zero-order chi connectivity index (χ0) is 17.1. The first kappa shape index (κ1) is 17.0. The van der Waals surface area contributed by atoms with Crippen molar-refractivity contribution in [2.24, 2.45) is 7.05 Å². The Morgan fingerprint density at radius 3 is 2.88 bits per heavy atom. The van der Waals surface area contributed by atoms with Crippen LogP contribution in [0.1, 0.15) is 41.8 Å². The summed E-state index contributed by atoms with van der Waals surface area (Å²) in [6.45, 7) is 3.68. The third kappa shape index (κ3) is 3.06. The Balaban J connectivity index is 1.91. The molecule has 5 heteroatoms. The maximum absolute atomic E-state index is 9.59. The number of benzene rings is 1. The van der Waals surface area contributed by atoms with Crippen molar-refractivity contribution in [3.63, 3.8) is 0 Å². The standard InChI is InChI=1S/C19H27N3O2/c1-4-17-16(19(24-3)21(2)20-17)13-22(11-12-23)18-10-9-14-7-5-6-8-15(14)18/h5-8,18,23H,4,9-13H2,1-3H3. The molecule has 5 nitrogen and oxygen atoms in total. The first-order valence-corrected chi connectivity index (χ1v) is 8.71. The fraction of sp³-hybridized carbons (Fsp3) is 0.526. The normalized spacial score (nSPS) is 16.6. The van der Waals surface area contributed by atoms with Crippen LogP contribution in [0.4, 0.5) is 0 Å². The molecule has 1 unspecified atom stereocenters. The van der Waals surface area contributed by atoms with Gasteiger partial charge in [0.05, 0.1) is 25.0 Å². The first-order chi connectivity index (χ1) is 11.7. The van der Waals surface area contributed by atoms with E-state index in [-0.39, 0.29) is 6.61 Å². The monoisotopic (exact) mass is 329 g/mol. The summed E-state index contributed by atoms with van der Waals surface area (Å²) in [5.41, 5.74) is 5.04. The predicted molar refractivity (Wildman–Crippen MR) is 94.1 cm³/mol. The summed E-state index contributed by atoms with van der Waals surface area (Å²) in [6.07, 6.45) is 3.08. The number of methoxy groups -OCH3 is 1. The highest BCUT2D eigenvalue weighted by atomic mass is 16.5. The van der Waals surface area contributed by atoms with Crippen molar-refractivity contribution >= 4 is 0 Å². The van der Waals surface area contributed by atoms with E-state index in [0.29, 0.717) is 12.6 Å². The molecule has 1 N–H and O–H groups in total. The molecule has 0 bridgehead atoms. The Kier molecular flexibility index (Phi) is 5.21. The van der Waals surface area contributed by atoms with E-state index in [4.69, 9.17) is 4.74 Å². The van der Waals surface area contributed by atoms with E-state index >= 15 is 0 Å². The molecule has 0 fully saturated rings. The van der Waals surface area contributed by atoms with Crippen molar-refractivity contribution in [3.05, 3.63) is 46.6 Å². The Morgan fingerprint density at radius 2 is 2.17 bits per heavy atom. The molecule has 1 aromatic carbocycles. The predicted octanol–water partition coefficient (Wildman–Crippen LogP) is 2.47. The molecule has 0 radical (unpaired) electrons. The number of rotatable bonds is 7. The largest absolute Gasteiger partial charge is 0.481 e. The van der Waals surface area contributed by atoms with Crippen LogP contribution in [-0.4, -0.2) is 40.0 Å². The molecule has 2 aromatic rings. The third-order valence-electron chi connectivity index (χ3n) is 4.99. The zero-order valence-electron chi connectivity index (χ0n) is 14.8. The van der Waals surface area contributed by atoms with Crippen molar-refractivity contribution < 1.29 is 9.84 Å². The van der Waals surface area contributed by atoms with Crippen LogP contribution >= 0.6 is 0 Å². The van der Waals surface area contributed by atoms with Crippen LogP contribution < -0.4 is 4.74 Å². The fourth-order valence-corrected chi connectivity index (χ4v) is 3.89. The molecule has 1 heterocycles. The lowest BCUT2D eigenvalue weighted by molar-refractivity contribution is 0.141. The minimum Gasteiger partial charge on any atom is -0.481 e. The molecule has 0 aliphatic heterocycles. The zero-order valence-corrected chi connectivity index (χ0v) is 14.8. The number of fused-ring (bicyclic) bond motifs is 1. The van der Waals surface area contributed by atoms with Gasteiger partial charge in [-0.3, -0.25) is 4.90 Å². The highest BCUT2D eigenvalue weighted by Crippen LogP contribution is 2.37. The van der Waals surface area contributed by atoms with Gasteiger partial charge < -0.3 is 9.84 Å². The van der Waals surface area contributed by atoms with Crippen molar-refractivity contribution in [1.82, 2.24) is 14.7 Å². The first-order valence-electron chi connectivity index (χ1n) is 8.71. The number of aromatic nitrogens is 2. The molecule has 0 spiro atoms. The number of aryl methyl sites for hydroxylation is 3. The lowest BCUT2D eigenvalue weighted by Crippen LogP contribution is -2.30. The van der Waals surface area contributed by atoms with E-state index in [1.54, 1.807) is 7.11 Å². The van der Waals surface area contributed by atoms with Gasteiger partial charge >= 0.3 is 0 Å². The molecule has 1 atom stereocenters. The van der Waals surface area contributed by atoms with Gasteiger partial charge in [-0.1, -0.05) is 31.2 Å². The quantitative estimate of drug-likeness (QED) is 0.848. The van der Waals surface area contributed by atoms with Gasteiger partial charge in [-0.05, 0) is 30.4 Å². The van der Waals surface area contributed by atoms with Gasteiger partial charge in [-0.15, -0.1) is 0 Å². The topological polar surface area (TPSA) is 50.5 Å². The van der Waals surface area contributed by atoms with Crippen molar-refractivity contribution in [1.29, 1.82) is 0 Å². The summed E-state index contributed by atoms with van der Waals surface area (Å²) in [5, 5.41) is 14.2. The van der Waals surface area contributed by atoms with Crippen LogP contribution in [0.25, 0.3) is 0 Å². The fourth-order valence-electron chi connectivity index (χ4n) is 3.89. The average Bonchev–Trinajstić information content (AvgIpc) is 3.15. The molecule has 0 saturated heterocycles. The average molecular weight is 329 g/mol. The summed E-state index contributed by atoms with van der Waals surface area (Å²) >= 11 is 0. The van der Waals surface area contributed by atoms with Crippen LogP contribution in [0.2, 0.25) is 0 Å². The lowest BCUT2D eigenvalue weighted by atomic mass is 10.1. The van der Waals surface area contributed by atoms with E-state index < -0.39 is 0 Å². The molecular weight excluding hydrogens is 302 g/mol. The second-order valence-electron chi connectivity index (χ2n) is 6.36. The maximum atomic E-state index is 9.59. The second-order valence-corrected chi connectivity index (χ2v) is 6.36. The van der Waals surface area contributed by atoms with Crippen LogP contribution in [0.3, 0.4) is 0 Å². The Hall–Kier alpha value is -1.85. The van der Waals surface area contributed by atoms with E-state index in [0.717, 1.165) is 42.9 Å². The molecule has 0 saturated carbocycles. The second kappa shape index (κ2) is 7.36. The Morgan fingerprint density at radius 1 is 1.38 bits per heavy atom. The molecule has 1 aliphatic carbocycles. The summed E-state index contributed by atoms with van der Waals surface area (Å²) in [4.78, 5) is 2.37.